The summed E-state index contributed by atoms with van der Waals surface area (Å²) in [6.45, 7) is 3.81. The summed E-state index contributed by atoms with van der Waals surface area (Å²) in [5.41, 5.74) is 1.54. The zero-order valence-electron chi connectivity index (χ0n) is 17.9. The van der Waals surface area contributed by atoms with Crippen LogP contribution in [0.25, 0.3) is 0 Å². The smallest absolute Gasteiger partial charge is 0.346 e. The number of nitrogens with zero attached hydrogens (tertiary/aromatic N) is 6. The summed E-state index contributed by atoms with van der Waals surface area (Å²) in [4.78, 5) is 26.2. The van der Waals surface area contributed by atoms with Crippen molar-refractivity contribution in [3.8, 4) is 0 Å². The number of pyridine rings is 1. The monoisotopic (exact) mass is 478 g/mol. The Morgan fingerprint density at radius 1 is 1.27 bits per heavy atom. The lowest BCUT2D eigenvalue weighted by Gasteiger charge is -2.32. The van der Waals surface area contributed by atoms with Crippen LogP contribution >= 0.6 is 12.6 Å². The molecule has 2 atom stereocenters. The molecule has 0 aliphatic carbocycles. The van der Waals surface area contributed by atoms with E-state index in [1.165, 1.54) is 12.3 Å². The van der Waals surface area contributed by atoms with Crippen LogP contribution in [0.2, 0.25) is 0 Å². The topological polar surface area (TPSA) is 101 Å². The van der Waals surface area contributed by atoms with Gasteiger partial charge in [-0.3, -0.25) is 14.5 Å². The fraction of sp³-hybridized carbons (Fsp3) is 0.350. The third-order valence-electron chi connectivity index (χ3n) is 5.31. The van der Waals surface area contributed by atoms with Crippen LogP contribution in [0.1, 0.15) is 34.8 Å². The third kappa shape index (κ3) is 4.72. The number of likely N-dealkylation sites (N-methyl/N-ethyl adjacent to an activating group) is 1. The number of hydrogen-bond donors (Lipinski definition) is 3. The number of rotatable bonds is 5. The highest BCUT2D eigenvalue weighted by molar-refractivity contribution is 7.80. The molecule has 3 aromatic heterocycles. The molecule has 33 heavy (non-hydrogen) atoms. The van der Waals surface area contributed by atoms with Gasteiger partial charge in [-0.15, -0.1) is 12.6 Å². The molecule has 174 valence electrons. The van der Waals surface area contributed by atoms with Gasteiger partial charge in [0.15, 0.2) is 5.82 Å². The number of halogens is 3. The standard InChI is InChI=1S/C20H21F3N8OS/c1-10-15-16(30(3)11(2)17(32)27-15)28-19(26-10)29-18(33)13-7-25-31(9-13)8-12-4-5-14(24-6-12)20(21,22)23/h4-7,9,11,18,33H,8H2,1-3H3,(H,27,32)(H,26,28,29)/t11-,18?/m0/s1. The third-order valence-corrected chi connectivity index (χ3v) is 5.74. The Labute approximate surface area is 192 Å². The van der Waals surface area contributed by atoms with Crippen LogP contribution in [0.15, 0.2) is 30.7 Å². The van der Waals surface area contributed by atoms with Crippen LogP contribution in [0, 0.1) is 6.92 Å². The second-order valence-corrected chi connectivity index (χ2v) is 8.19. The van der Waals surface area contributed by atoms with Gasteiger partial charge in [-0.2, -0.15) is 23.3 Å². The van der Waals surface area contributed by atoms with Crippen molar-refractivity contribution in [1.29, 1.82) is 0 Å². The average molecular weight is 479 g/mol. The molecule has 0 spiro atoms. The van der Waals surface area contributed by atoms with E-state index in [9.17, 15) is 18.0 Å². The summed E-state index contributed by atoms with van der Waals surface area (Å²) in [7, 11) is 1.79. The summed E-state index contributed by atoms with van der Waals surface area (Å²) >= 11 is 4.57. The Hall–Kier alpha value is -3.35. The molecular formula is C20H21F3N8OS. The Morgan fingerprint density at radius 2 is 2.03 bits per heavy atom. The summed E-state index contributed by atoms with van der Waals surface area (Å²) in [6, 6.07) is 1.94. The number of aryl methyl sites for hydroxylation is 1. The number of hydrogen-bond acceptors (Lipinski definition) is 8. The second-order valence-electron chi connectivity index (χ2n) is 7.67. The quantitative estimate of drug-likeness (QED) is 0.382. The normalized spacial score (nSPS) is 16.9. The van der Waals surface area contributed by atoms with E-state index in [-0.39, 0.29) is 18.5 Å². The van der Waals surface area contributed by atoms with Crippen molar-refractivity contribution in [2.24, 2.45) is 0 Å². The first-order chi connectivity index (χ1) is 15.5. The Bertz CT molecular complexity index is 1180. The van der Waals surface area contributed by atoms with Crippen molar-refractivity contribution in [3.63, 3.8) is 0 Å². The van der Waals surface area contributed by atoms with E-state index in [4.69, 9.17) is 0 Å². The molecule has 0 saturated heterocycles. The van der Waals surface area contributed by atoms with Gasteiger partial charge in [0.25, 0.3) is 0 Å². The number of carbonyl (C=O) groups is 1. The highest BCUT2D eigenvalue weighted by atomic mass is 32.1. The van der Waals surface area contributed by atoms with Crippen molar-refractivity contribution in [2.75, 3.05) is 22.6 Å². The van der Waals surface area contributed by atoms with Crippen molar-refractivity contribution >= 4 is 36.0 Å². The molecule has 2 N–H and O–H groups in total. The van der Waals surface area contributed by atoms with Gasteiger partial charge in [0.2, 0.25) is 11.9 Å². The maximum atomic E-state index is 12.7. The summed E-state index contributed by atoms with van der Waals surface area (Å²) < 4.78 is 39.6. The molecule has 0 saturated carbocycles. The van der Waals surface area contributed by atoms with Crippen LogP contribution in [0.3, 0.4) is 0 Å². The van der Waals surface area contributed by atoms with Crippen molar-refractivity contribution < 1.29 is 18.0 Å². The molecule has 0 bridgehead atoms. The molecule has 0 aromatic carbocycles. The highest BCUT2D eigenvalue weighted by Gasteiger charge is 2.32. The van der Waals surface area contributed by atoms with Gasteiger partial charge in [0, 0.05) is 25.0 Å². The summed E-state index contributed by atoms with van der Waals surface area (Å²) in [5, 5.41) is 9.68. The van der Waals surface area contributed by atoms with Gasteiger partial charge in [-0.1, -0.05) is 6.07 Å². The first-order valence-corrected chi connectivity index (χ1v) is 10.5. The first kappa shape index (κ1) is 22.8. The van der Waals surface area contributed by atoms with Gasteiger partial charge in [0.05, 0.1) is 18.4 Å². The Kier molecular flexibility index (Phi) is 5.91. The predicted octanol–water partition coefficient (Wildman–Crippen LogP) is 3.26. The van der Waals surface area contributed by atoms with E-state index in [2.05, 4.69) is 43.3 Å². The largest absolute Gasteiger partial charge is 0.433 e. The molecule has 1 aliphatic heterocycles. The number of carbonyl (C=O) groups excluding carboxylic acids is 1. The Balaban J connectivity index is 1.47. The number of amides is 1. The lowest BCUT2D eigenvalue weighted by molar-refractivity contribution is -0.141. The number of anilines is 3. The number of thiol groups is 1. The van der Waals surface area contributed by atoms with Gasteiger partial charge < -0.3 is 15.5 Å². The van der Waals surface area contributed by atoms with E-state index in [1.807, 2.05) is 0 Å². The zero-order valence-corrected chi connectivity index (χ0v) is 18.8. The minimum atomic E-state index is -4.47. The number of alkyl halides is 3. The fourth-order valence-corrected chi connectivity index (χ4v) is 3.55. The number of fused-ring (bicyclic) bond motifs is 1. The SMILES string of the molecule is Cc1nc(NC(S)c2cnn(Cc3ccc(C(F)(F)F)nc3)c2)nc2c1NC(=O)[C@H](C)N2C. The highest BCUT2D eigenvalue weighted by Crippen LogP contribution is 2.33. The molecule has 13 heteroatoms. The van der Waals surface area contributed by atoms with E-state index >= 15 is 0 Å². The first-order valence-electron chi connectivity index (χ1n) is 9.94. The zero-order chi connectivity index (χ0) is 23.9. The van der Waals surface area contributed by atoms with Crippen LogP contribution in [0.5, 0.6) is 0 Å². The maximum absolute atomic E-state index is 12.7. The van der Waals surface area contributed by atoms with Crippen LogP contribution in [-0.2, 0) is 17.5 Å². The maximum Gasteiger partial charge on any atom is 0.433 e. The molecule has 4 rings (SSSR count). The van der Waals surface area contributed by atoms with Gasteiger partial charge in [-0.25, -0.2) is 4.98 Å². The van der Waals surface area contributed by atoms with Gasteiger partial charge in [-0.05, 0) is 25.5 Å². The molecule has 3 aromatic rings. The van der Waals surface area contributed by atoms with Gasteiger partial charge >= 0.3 is 6.18 Å². The number of aromatic nitrogens is 5. The average Bonchev–Trinajstić information content (AvgIpc) is 3.21. The summed E-state index contributed by atoms with van der Waals surface area (Å²) in [6.07, 6.45) is 0.0301. The molecule has 0 fully saturated rings. The molecule has 1 aliphatic rings. The lowest BCUT2D eigenvalue weighted by Crippen LogP contribution is -2.44. The molecule has 9 nitrogen and oxygen atoms in total. The summed E-state index contributed by atoms with van der Waals surface area (Å²) in [5.74, 6) is 0.810. The lowest BCUT2D eigenvalue weighted by atomic mass is 10.2. The van der Waals surface area contributed by atoms with Crippen molar-refractivity contribution in [3.05, 3.63) is 53.2 Å². The molecule has 1 unspecified atom stereocenters. The van der Waals surface area contributed by atoms with E-state index in [0.29, 0.717) is 34.3 Å². The van der Waals surface area contributed by atoms with E-state index in [1.54, 1.807) is 42.9 Å². The molecule has 0 radical (unpaired) electrons. The minimum absolute atomic E-state index is 0.125. The molecule has 1 amide bonds. The van der Waals surface area contributed by atoms with Crippen LogP contribution in [0.4, 0.5) is 30.6 Å². The van der Waals surface area contributed by atoms with E-state index < -0.39 is 17.2 Å². The van der Waals surface area contributed by atoms with Gasteiger partial charge in [0.1, 0.15) is 22.8 Å². The fourth-order valence-electron chi connectivity index (χ4n) is 3.30. The van der Waals surface area contributed by atoms with Crippen molar-refractivity contribution in [2.45, 2.75) is 38.0 Å². The predicted molar refractivity (Wildman–Crippen MR) is 119 cm³/mol. The molecular weight excluding hydrogens is 457 g/mol. The minimum Gasteiger partial charge on any atom is -0.346 e. The molecule has 4 heterocycles. The Morgan fingerprint density at radius 3 is 2.70 bits per heavy atom. The van der Waals surface area contributed by atoms with Crippen LogP contribution in [-0.4, -0.2) is 43.7 Å². The van der Waals surface area contributed by atoms with E-state index in [0.717, 1.165) is 6.07 Å². The second kappa shape index (κ2) is 8.54. The van der Waals surface area contributed by atoms with Crippen LogP contribution < -0.4 is 15.5 Å². The number of nitrogens with one attached hydrogen (secondary N) is 2. The van der Waals surface area contributed by atoms with Crippen molar-refractivity contribution in [1.82, 2.24) is 24.7 Å².